The fourth-order valence-corrected chi connectivity index (χ4v) is 2.93. The first kappa shape index (κ1) is 14.8. The molecular weight excluding hydrogens is 288 g/mol. The van der Waals surface area contributed by atoms with Crippen molar-refractivity contribution in [2.75, 3.05) is 6.54 Å². The average molecular weight is 304 g/mol. The number of hydrogen-bond acceptors (Lipinski definition) is 6. The van der Waals surface area contributed by atoms with Crippen LogP contribution in [-0.4, -0.2) is 46.8 Å². The number of ether oxygens (including phenoxy) is 1. The summed E-state index contributed by atoms with van der Waals surface area (Å²) in [7, 11) is 0. The van der Waals surface area contributed by atoms with Crippen molar-refractivity contribution in [2.24, 2.45) is 5.18 Å². The Labute approximate surface area is 126 Å². The van der Waals surface area contributed by atoms with E-state index < -0.39 is 18.4 Å². The zero-order valence-electron chi connectivity index (χ0n) is 11.8. The molecule has 2 aliphatic rings. The van der Waals surface area contributed by atoms with Crippen LogP contribution in [0.1, 0.15) is 40.0 Å². The van der Waals surface area contributed by atoms with E-state index in [0.29, 0.717) is 24.0 Å². The van der Waals surface area contributed by atoms with Gasteiger partial charge in [-0.05, 0) is 30.2 Å². The fraction of sp³-hybridized carbons (Fsp3) is 0.467. The SMILES string of the molecule is O=NC1C[C@H](O)C[C@@H](CCN2C(=O)c3ccccc3C2=O)O1. The molecule has 7 nitrogen and oxygen atoms in total. The molecule has 2 amide bonds. The molecule has 0 aliphatic carbocycles. The largest absolute Gasteiger partial charge is 0.393 e. The lowest BCUT2D eigenvalue weighted by Gasteiger charge is -2.30. The molecule has 1 aromatic carbocycles. The van der Waals surface area contributed by atoms with Crippen LogP contribution in [0.2, 0.25) is 0 Å². The van der Waals surface area contributed by atoms with Crippen LogP contribution < -0.4 is 0 Å². The normalized spacial score (nSPS) is 27.9. The summed E-state index contributed by atoms with van der Waals surface area (Å²) in [5.41, 5.74) is 0.814. The summed E-state index contributed by atoms with van der Waals surface area (Å²) >= 11 is 0. The van der Waals surface area contributed by atoms with E-state index in [4.69, 9.17) is 4.74 Å². The van der Waals surface area contributed by atoms with Crippen molar-refractivity contribution in [2.45, 2.75) is 37.7 Å². The molecule has 1 fully saturated rings. The standard InChI is InChI=1S/C15H16N2O5/c18-9-7-10(22-13(8-9)16-21)5-6-17-14(19)11-3-1-2-4-12(11)15(17)20/h1-4,9-10,13,18H,5-8H2/t9-,10-,13?/m1/s1. The van der Waals surface area contributed by atoms with Crippen molar-refractivity contribution in [1.82, 2.24) is 4.90 Å². The van der Waals surface area contributed by atoms with E-state index >= 15 is 0 Å². The van der Waals surface area contributed by atoms with Gasteiger partial charge in [0, 0.05) is 13.0 Å². The Balaban J connectivity index is 1.64. The average Bonchev–Trinajstić information content (AvgIpc) is 2.77. The molecule has 0 bridgehead atoms. The Morgan fingerprint density at radius 3 is 2.41 bits per heavy atom. The molecule has 1 N–H and O–H groups in total. The van der Waals surface area contributed by atoms with Gasteiger partial charge in [0.05, 0.1) is 23.3 Å². The third-order valence-electron chi connectivity index (χ3n) is 4.03. The highest BCUT2D eigenvalue weighted by Crippen LogP contribution is 2.26. The lowest BCUT2D eigenvalue weighted by atomic mass is 10.0. The molecule has 1 saturated heterocycles. The summed E-state index contributed by atoms with van der Waals surface area (Å²) in [5.74, 6) is -0.635. The Bertz CT molecular complexity index is 583. The highest BCUT2D eigenvalue weighted by atomic mass is 16.5. The maximum Gasteiger partial charge on any atom is 0.261 e. The number of nitroso groups, excluding NO2 is 1. The number of benzene rings is 1. The number of nitrogens with zero attached hydrogens (tertiary/aromatic N) is 2. The summed E-state index contributed by atoms with van der Waals surface area (Å²) in [6, 6.07) is 6.69. The number of fused-ring (bicyclic) bond motifs is 1. The molecule has 0 radical (unpaired) electrons. The second-order valence-electron chi connectivity index (χ2n) is 5.54. The van der Waals surface area contributed by atoms with Crippen molar-refractivity contribution < 1.29 is 19.4 Å². The van der Waals surface area contributed by atoms with Gasteiger partial charge >= 0.3 is 0 Å². The molecule has 3 atom stereocenters. The molecule has 7 heteroatoms. The molecule has 0 saturated carbocycles. The molecule has 22 heavy (non-hydrogen) atoms. The number of carbonyl (C=O) groups is 2. The van der Waals surface area contributed by atoms with E-state index in [-0.39, 0.29) is 24.8 Å². The van der Waals surface area contributed by atoms with Gasteiger partial charge in [0.2, 0.25) is 0 Å². The Morgan fingerprint density at radius 1 is 1.18 bits per heavy atom. The summed E-state index contributed by atoms with van der Waals surface area (Å²) < 4.78 is 5.42. The van der Waals surface area contributed by atoms with Crippen LogP contribution in [0.25, 0.3) is 0 Å². The first-order valence-corrected chi connectivity index (χ1v) is 7.21. The predicted octanol–water partition coefficient (Wildman–Crippen LogP) is 1.31. The van der Waals surface area contributed by atoms with Crippen LogP contribution in [0.3, 0.4) is 0 Å². The van der Waals surface area contributed by atoms with Crippen molar-refractivity contribution in [1.29, 1.82) is 0 Å². The van der Waals surface area contributed by atoms with Gasteiger partial charge in [-0.15, -0.1) is 4.91 Å². The number of amides is 2. The topological polar surface area (TPSA) is 96.3 Å². The van der Waals surface area contributed by atoms with Gasteiger partial charge in [-0.1, -0.05) is 12.1 Å². The van der Waals surface area contributed by atoms with Gasteiger partial charge in [-0.2, -0.15) is 0 Å². The number of imide groups is 1. The minimum absolute atomic E-state index is 0.188. The zero-order chi connectivity index (χ0) is 15.7. The summed E-state index contributed by atoms with van der Waals surface area (Å²) in [4.78, 5) is 36.2. The number of carbonyl (C=O) groups excluding carboxylic acids is 2. The number of aliphatic hydroxyl groups is 1. The minimum atomic E-state index is -0.865. The van der Waals surface area contributed by atoms with Crippen LogP contribution in [0.5, 0.6) is 0 Å². The maximum atomic E-state index is 12.2. The smallest absolute Gasteiger partial charge is 0.261 e. The fourth-order valence-electron chi connectivity index (χ4n) is 2.93. The summed E-state index contributed by atoms with van der Waals surface area (Å²) in [6.45, 7) is 0.190. The van der Waals surface area contributed by atoms with Gasteiger partial charge in [0.15, 0.2) is 6.23 Å². The van der Waals surface area contributed by atoms with E-state index in [1.54, 1.807) is 24.3 Å². The second kappa shape index (κ2) is 5.94. The molecule has 2 heterocycles. The molecule has 1 unspecified atom stereocenters. The van der Waals surface area contributed by atoms with Gasteiger partial charge < -0.3 is 9.84 Å². The molecule has 0 aromatic heterocycles. The van der Waals surface area contributed by atoms with Crippen molar-refractivity contribution >= 4 is 11.8 Å². The van der Waals surface area contributed by atoms with E-state index in [0.717, 1.165) is 0 Å². The van der Waals surface area contributed by atoms with Crippen molar-refractivity contribution in [3.8, 4) is 0 Å². The summed E-state index contributed by atoms with van der Waals surface area (Å²) in [6.07, 6.45) is -0.980. The van der Waals surface area contributed by atoms with Gasteiger partial charge in [-0.25, -0.2) is 0 Å². The Morgan fingerprint density at radius 2 is 1.82 bits per heavy atom. The van der Waals surface area contributed by atoms with Gasteiger partial charge in [0.1, 0.15) is 0 Å². The van der Waals surface area contributed by atoms with E-state index in [1.165, 1.54) is 4.90 Å². The molecule has 116 valence electrons. The summed E-state index contributed by atoms with van der Waals surface area (Å²) in [5, 5.41) is 12.5. The number of hydrogen-bond donors (Lipinski definition) is 1. The van der Waals surface area contributed by atoms with E-state index in [2.05, 4.69) is 5.18 Å². The van der Waals surface area contributed by atoms with Crippen LogP contribution in [-0.2, 0) is 4.74 Å². The molecule has 3 rings (SSSR count). The lowest BCUT2D eigenvalue weighted by molar-refractivity contribution is -0.0951. The number of aliphatic hydroxyl groups excluding tert-OH is 1. The maximum absolute atomic E-state index is 12.2. The Hall–Kier alpha value is -2.12. The van der Waals surface area contributed by atoms with Gasteiger partial charge in [-0.3, -0.25) is 14.5 Å². The lowest BCUT2D eigenvalue weighted by Crippen LogP contribution is -2.38. The highest BCUT2D eigenvalue weighted by molar-refractivity contribution is 6.21. The van der Waals surface area contributed by atoms with E-state index in [1.807, 2.05) is 0 Å². The third-order valence-corrected chi connectivity index (χ3v) is 4.03. The molecular formula is C15H16N2O5. The molecule has 2 aliphatic heterocycles. The third kappa shape index (κ3) is 2.65. The van der Waals surface area contributed by atoms with Crippen LogP contribution in [0.4, 0.5) is 0 Å². The van der Waals surface area contributed by atoms with Crippen molar-refractivity contribution in [3.05, 3.63) is 40.3 Å². The highest BCUT2D eigenvalue weighted by Gasteiger charge is 2.36. The first-order valence-electron chi connectivity index (χ1n) is 7.21. The monoisotopic (exact) mass is 304 g/mol. The number of rotatable bonds is 4. The van der Waals surface area contributed by atoms with Gasteiger partial charge in [0.25, 0.3) is 11.8 Å². The molecule has 0 spiro atoms. The van der Waals surface area contributed by atoms with Crippen LogP contribution in [0.15, 0.2) is 29.4 Å². The first-order chi connectivity index (χ1) is 10.6. The van der Waals surface area contributed by atoms with Crippen molar-refractivity contribution in [3.63, 3.8) is 0 Å². The second-order valence-corrected chi connectivity index (χ2v) is 5.54. The van der Waals surface area contributed by atoms with E-state index in [9.17, 15) is 19.6 Å². The van der Waals surface area contributed by atoms with Crippen LogP contribution in [0, 0.1) is 4.91 Å². The quantitative estimate of drug-likeness (QED) is 0.668. The zero-order valence-corrected chi connectivity index (χ0v) is 11.8. The minimum Gasteiger partial charge on any atom is -0.393 e. The van der Waals surface area contributed by atoms with Crippen LogP contribution >= 0.6 is 0 Å². The predicted molar refractivity (Wildman–Crippen MR) is 76.1 cm³/mol. The Kier molecular flexibility index (Phi) is 4.00. The molecule has 1 aromatic rings.